The molecule has 0 aromatic carbocycles. The molecule has 1 N–H and O–H groups in total. The molecule has 1 aliphatic carbocycles. The van der Waals surface area contributed by atoms with E-state index in [4.69, 9.17) is 4.74 Å². The summed E-state index contributed by atoms with van der Waals surface area (Å²) < 4.78 is 4.92. The Bertz CT molecular complexity index is 274. The van der Waals surface area contributed by atoms with Crippen LogP contribution in [0.4, 0.5) is 0 Å². The molecular formula is C15H29NO2. The molecule has 0 amide bonds. The number of ether oxygens (including phenoxy) is 1. The van der Waals surface area contributed by atoms with Crippen molar-refractivity contribution in [2.75, 3.05) is 7.11 Å². The topological polar surface area (TPSA) is 38.3 Å². The molecule has 0 aromatic heterocycles. The summed E-state index contributed by atoms with van der Waals surface area (Å²) in [6.45, 7) is 8.88. The molecule has 18 heavy (non-hydrogen) atoms. The molecule has 1 rings (SSSR count). The first kappa shape index (κ1) is 15.5. The van der Waals surface area contributed by atoms with Gasteiger partial charge >= 0.3 is 5.97 Å². The van der Waals surface area contributed by atoms with Crippen LogP contribution >= 0.6 is 0 Å². The smallest absolute Gasteiger partial charge is 0.322 e. The highest BCUT2D eigenvalue weighted by Crippen LogP contribution is 2.35. The number of rotatable bonds is 5. The fourth-order valence-corrected chi connectivity index (χ4v) is 2.89. The van der Waals surface area contributed by atoms with Gasteiger partial charge in [-0.15, -0.1) is 0 Å². The van der Waals surface area contributed by atoms with Gasteiger partial charge in [-0.2, -0.15) is 0 Å². The van der Waals surface area contributed by atoms with Gasteiger partial charge < -0.3 is 10.1 Å². The normalized spacial score (nSPS) is 24.9. The standard InChI is InChI=1S/C15H29NO2/c1-11(2)10-12(14(17)18-5)16-13-8-6-7-9-15(13,3)4/h11-13,16H,6-10H2,1-5H3. The number of hydrogen-bond acceptors (Lipinski definition) is 3. The molecule has 0 bridgehead atoms. The molecule has 2 atom stereocenters. The summed E-state index contributed by atoms with van der Waals surface area (Å²) in [5.74, 6) is 0.373. The van der Waals surface area contributed by atoms with E-state index in [1.54, 1.807) is 0 Å². The highest BCUT2D eigenvalue weighted by molar-refractivity contribution is 5.75. The van der Waals surface area contributed by atoms with Gasteiger partial charge in [-0.25, -0.2) is 0 Å². The molecule has 0 radical (unpaired) electrons. The van der Waals surface area contributed by atoms with Crippen LogP contribution in [0.5, 0.6) is 0 Å². The minimum Gasteiger partial charge on any atom is -0.468 e. The molecule has 1 aliphatic rings. The Morgan fingerprint density at radius 1 is 1.39 bits per heavy atom. The zero-order valence-corrected chi connectivity index (χ0v) is 12.6. The van der Waals surface area contributed by atoms with E-state index in [0.29, 0.717) is 12.0 Å². The molecule has 1 saturated carbocycles. The third-order valence-corrected chi connectivity index (χ3v) is 4.10. The van der Waals surface area contributed by atoms with Gasteiger partial charge in [-0.1, -0.05) is 40.5 Å². The first-order valence-corrected chi connectivity index (χ1v) is 7.20. The van der Waals surface area contributed by atoms with Crippen molar-refractivity contribution in [3.05, 3.63) is 0 Å². The molecule has 106 valence electrons. The average molecular weight is 255 g/mol. The number of hydrogen-bond donors (Lipinski definition) is 1. The average Bonchev–Trinajstić information content (AvgIpc) is 2.29. The minimum absolute atomic E-state index is 0.120. The van der Waals surface area contributed by atoms with Gasteiger partial charge in [-0.3, -0.25) is 4.79 Å². The van der Waals surface area contributed by atoms with Crippen molar-refractivity contribution in [3.8, 4) is 0 Å². The summed E-state index contributed by atoms with van der Waals surface area (Å²) in [5, 5.41) is 3.55. The third-order valence-electron chi connectivity index (χ3n) is 4.10. The number of carbonyl (C=O) groups excluding carboxylic acids is 1. The fraction of sp³-hybridized carbons (Fsp3) is 0.933. The Kier molecular flexibility index (Phi) is 5.64. The van der Waals surface area contributed by atoms with Crippen molar-refractivity contribution in [2.24, 2.45) is 11.3 Å². The summed E-state index contributed by atoms with van der Waals surface area (Å²) >= 11 is 0. The number of nitrogens with one attached hydrogen (secondary N) is 1. The molecule has 0 aliphatic heterocycles. The van der Waals surface area contributed by atoms with Crippen LogP contribution < -0.4 is 5.32 Å². The van der Waals surface area contributed by atoms with Crippen LogP contribution in [0.25, 0.3) is 0 Å². The predicted octanol–water partition coefficient (Wildman–Crippen LogP) is 3.13. The second-order valence-electron chi connectivity index (χ2n) is 6.66. The van der Waals surface area contributed by atoms with Crippen molar-refractivity contribution < 1.29 is 9.53 Å². The van der Waals surface area contributed by atoms with Gasteiger partial charge in [-0.05, 0) is 30.6 Å². The molecule has 2 unspecified atom stereocenters. The zero-order valence-electron chi connectivity index (χ0n) is 12.6. The third kappa shape index (κ3) is 4.27. The van der Waals surface area contributed by atoms with Crippen LogP contribution in [0.3, 0.4) is 0 Å². The van der Waals surface area contributed by atoms with Crippen molar-refractivity contribution in [2.45, 2.75) is 71.9 Å². The fourth-order valence-electron chi connectivity index (χ4n) is 2.89. The molecule has 1 fully saturated rings. The Labute approximate surface area is 112 Å². The van der Waals surface area contributed by atoms with E-state index in [-0.39, 0.29) is 17.4 Å². The summed E-state index contributed by atoms with van der Waals surface area (Å²) in [4.78, 5) is 11.8. The molecule has 0 aromatic rings. The minimum atomic E-state index is -0.155. The van der Waals surface area contributed by atoms with E-state index in [9.17, 15) is 4.79 Å². The molecular weight excluding hydrogens is 226 g/mol. The van der Waals surface area contributed by atoms with Gasteiger partial charge in [0, 0.05) is 6.04 Å². The maximum Gasteiger partial charge on any atom is 0.322 e. The summed E-state index contributed by atoms with van der Waals surface area (Å²) in [6.07, 6.45) is 5.81. The van der Waals surface area contributed by atoms with E-state index < -0.39 is 0 Å². The van der Waals surface area contributed by atoms with E-state index in [1.807, 2.05) is 0 Å². The van der Waals surface area contributed by atoms with Crippen LogP contribution in [0.2, 0.25) is 0 Å². The number of esters is 1. The zero-order chi connectivity index (χ0) is 13.8. The van der Waals surface area contributed by atoms with Gasteiger partial charge in [0.2, 0.25) is 0 Å². The predicted molar refractivity (Wildman–Crippen MR) is 74.4 cm³/mol. The summed E-state index contributed by atoms with van der Waals surface area (Å²) in [6, 6.07) is 0.270. The maximum atomic E-state index is 11.8. The monoisotopic (exact) mass is 255 g/mol. The van der Waals surface area contributed by atoms with Gasteiger partial charge in [0.15, 0.2) is 0 Å². The lowest BCUT2D eigenvalue weighted by molar-refractivity contribution is -0.144. The lowest BCUT2D eigenvalue weighted by Crippen LogP contribution is -2.51. The van der Waals surface area contributed by atoms with Gasteiger partial charge in [0.1, 0.15) is 6.04 Å². The molecule has 3 heteroatoms. The van der Waals surface area contributed by atoms with Crippen molar-refractivity contribution >= 4 is 5.97 Å². The van der Waals surface area contributed by atoms with Crippen LogP contribution in [-0.4, -0.2) is 25.2 Å². The molecule has 0 heterocycles. The molecule has 0 spiro atoms. The van der Waals surface area contributed by atoms with Crippen molar-refractivity contribution in [1.82, 2.24) is 5.32 Å². The maximum absolute atomic E-state index is 11.8. The van der Waals surface area contributed by atoms with E-state index in [1.165, 1.54) is 32.8 Å². The van der Waals surface area contributed by atoms with E-state index in [0.717, 1.165) is 6.42 Å². The van der Waals surface area contributed by atoms with Crippen LogP contribution in [-0.2, 0) is 9.53 Å². The number of methoxy groups -OCH3 is 1. The Morgan fingerprint density at radius 3 is 2.56 bits per heavy atom. The van der Waals surface area contributed by atoms with Gasteiger partial charge in [0.25, 0.3) is 0 Å². The molecule has 3 nitrogen and oxygen atoms in total. The Balaban J connectivity index is 2.66. The van der Waals surface area contributed by atoms with Crippen LogP contribution in [0.1, 0.15) is 59.8 Å². The largest absolute Gasteiger partial charge is 0.468 e. The SMILES string of the molecule is COC(=O)C(CC(C)C)NC1CCCCC1(C)C. The van der Waals surface area contributed by atoms with Gasteiger partial charge in [0.05, 0.1) is 7.11 Å². The molecule has 0 saturated heterocycles. The van der Waals surface area contributed by atoms with Crippen LogP contribution in [0.15, 0.2) is 0 Å². The quantitative estimate of drug-likeness (QED) is 0.767. The van der Waals surface area contributed by atoms with E-state index >= 15 is 0 Å². The van der Waals surface area contributed by atoms with Crippen molar-refractivity contribution in [3.63, 3.8) is 0 Å². The lowest BCUT2D eigenvalue weighted by Gasteiger charge is -2.41. The first-order chi connectivity index (χ1) is 8.36. The highest BCUT2D eigenvalue weighted by Gasteiger charge is 2.35. The lowest BCUT2D eigenvalue weighted by atomic mass is 9.73. The highest BCUT2D eigenvalue weighted by atomic mass is 16.5. The van der Waals surface area contributed by atoms with E-state index in [2.05, 4.69) is 33.0 Å². The number of carbonyl (C=O) groups is 1. The second kappa shape index (κ2) is 6.55. The second-order valence-corrected chi connectivity index (χ2v) is 6.66. The Morgan fingerprint density at radius 2 is 2.06 bits per heavy atom. The summed E-state index contributed by atoms with van der Waals surface area (Å²) in [5.41, 5.74) is 0.279. The first-order valence-electron chi connectivity index (χ1n) is 7.20. The summed E-state index contributed by atoms with van der Waals surface area (Å²) in [7, 11) is 1.48. The Hall–Kier alpha value is -0.570. The van der Waals surface area contributed by atoms with Crippen LogP contribution in [0, 0.1) is 11.3 Å². The van der Waals surface area contributed by atoms with Crippen molar-refractivity contribution in [1.29, 1.82) is 0 Å².